The summed E-state index contributed by atoms with van der Waals surface area (Å²) in [5, 5.41) is 30.7. The van der Waals surface area contributed by atoms with Gasteiger partial charge in [-0.25, -0.2) is 0 Å². The van der Waals surface area contributed by atoms with Gasteiger partial charge in [-0.1, -0.05) is 48.5 Å². The second kappa shape index (κ2) is 6.68. The fourth-order valence-electron chi connectivity index (χ4n) is 3.40. The van der Waals surface area contributed by atoms with Crippen molar-refractivity contribution in [2.24, 2.45) is 0 Å². The van der Waals surface area contributed by atoms with E-state index < -0.39 is 6.10 Å². The molecule has 0 unspecified atom stereocenters. The fourth-order valence-corrected chi connectivity index (χ4v) is 3.40. The molecule has 3 aromatic carbocycles. The predicted molar refractivity (Wildman–Crippen MR) is 99.4 cm³/mol. The van der Waals surface area contributed by atoms with Crippen molar-refractivity contribution in [1.29, 1.82) is 0 Å². The van der Waals surface area contributed by atoms with E-state index in [1.807, 2.05) is 30.3 Å². The Morgan fingerprint density at radius 1 is 0.889 bits per heavy atom. The smallest absolute Gasteiger partial charge is 0.174 e. The van der Waals surface area contributed by atoms with Gasteiger partial charge in [0, 0.05) is 18.1 Å². The van der Waals surface area contributed by atoms with E-state index in [2.05, 4.69) is 0 Å². The molecule has 4 rings (SSSR count). The number of fused-ring (bicyclic) bond motifs is 1. The SMILES string of the molecule is O=C1C[C@@H](c2ccccc2)Oc2c(Cc3ccccc3O)c(O)cc(O)c21. The summed E-state index contributed by atoms with van der Waals surface area (Å²) in [7, 11) is 0. The fraction of sp³-hybridized carbons (Fsp3) is 0.136. The van der Waals surface area contributed by atoms with E-state index >= 15 is 0 Å². The average Bonchev–Trinajstić information content (AvgIpc) is 2.66. The molecule has 27 heavy (non-hydrogen) atoms. The third-order valence-corrected chi connectivity index (χ3v) is 4.78. The third-order valence-electron chi connectivity index (χ3n) is 4.78. The van der Waals surface area contributed by atoms with Crippen LogP contribution in [-0.2, 0) is 6.42 Å². The number of hydrogen-bond donors (Lipinski definition) is 3. The molecule has 136 valence electrons. The Hall–Kier alpha value is -3.47. The number of phenols is 3. The number of hydrogen-bond acceptors (Lipinski definition) is 5. The molecular formula is C22H18O5. The number of para-hydroxylation sites is 1. The second-order valence-electron chi connectivity index (χ2n) is 6.55. The van der Waals surface area contributed by atoms with Crippen LogP contribution >= 0.6 is 0 Å². The van der Waals surface area contributed by atoms with Gasteiger partial charge in [0.15, 0.2) is 5.78 Å². The highest BCUT2D eigenvalue weighted by molar-refractivity contribution is 6.03. The molecule has 0 spiro atoms. The molecule has 1 atom stereocenters. The summed E-state index contributed by atoms with van der Waals surface area (Å²) in [5.41, 5.74) is 1.86. The highest BCUT2D eigenvalue weighted by Crippen LogP contribution is 2.46. The molecule has 5 nitrogen and oxygen atoms in total. The monoisotopic (exact) mass is 362 g/mol. The summed E-state index contributed by atoms with van der Waals surface area (Å²) in [6, 6.07) is 17.3. The lowest BCUT2D eigenvalue weighted by Gasteiger charge is -2.28. The Bertz CT molecular complexity index is 1010. The van der Waals surface area contributed by atoms with Crippen LogP contribution in [0.4, 0.5) is 0 Å². The molecule has 0 saturated heterocycles. The lowest BCUT2D eigenvalue weighted by molar-refractivity contribution is 0.0842. The van der Waals surface area contributed by atoms with E-state index in [1.54, 1.807) is 24.3 Å². The number of carbonyl (C=O) groups excluding carboxylic acids is 1. The first-order valence-electron chi connectivity index (χ1n) is 8.64. The molecular weight excluding hydrogens is 344 g/mol. The molecule has 0 fully saturated rings. The number of ketones is 1. The van der Waals surface area contributed by atoms with Crippen molar-refractivity contribution in [3.05, 3.63) is 82.9 Å². The van der Waals surface area contributed by atoms with Crippen LogP contribution in [0.25, 0.3) is 0 Å². The van der Waals surface area contributed by atoms with Crippen LogP contribution in [0.2, 0.25) is 0 Å². The van der Waals surface area contributed by atoms with Crippen LogP contribution in [0.5, 0.6) is 23.0 Å². The van der Waals surface area contributed by atoms with Crippen molar-refractivity contribution in [2.45, 2.75) is 18.9 Å². The van der Waals surface area contributed by atoms with Crippen LogP contribution in [0.1, 0.15) is 39.6 Å². The van der Waals surface area contributed by atoms with Crippen molar-refractivity contribution < 1.29 is 24.9 Å². The van der Waals surface area contributed by atoms with E-state index in [-0.39, 0.29) is 47.2 Å². The number of aromatic hydroxyl groups is 3. The molecule has 1 aliphatic heterocycles. The Morgan fingerprint density at radius 2 is 1.59 bits per heavy atom. The van der Waals surface area contributed by atoms with Crippen molar-refractivity contribution >= 4 is 5.78 Å². The Labute approximate surface area is 156 Å². The van der Waals surface area contributed by atoms with Crippen LogP contribution in [0, 0.1) is 0 Å². The molecule has 0 aliphatic carbocycles. The van der Waals surface area contributed by atoms with E-state index in [0.29, 0.717) is 11.1 Å². The number of Topliss-reactive ketones (excluding diaryl/α,β-unsaturated/α-hetero) is 1. The zero-order chi connectivity index (χ0) is 19.0. The summed E-state index contributed by atoms with van der Waals surface area (Å²) in [4.78, 5) is 12.7. The number of carbonyl (C=O) groups is 1. The van der Waals surface area contributed by atoms with Gasteiger partial charge in [-0.05, 0) is 17.2 Å². The van der Waals surface area contributed by atoms with Gasteiger partial charge in [-0.3, -0.25) is 4.79 Å². The first kappa shape index (κ1) is 17.0. The quantitative estimate of drug-likeness (QED) is 0.653. The summed E-state index contributed by atoms with van der Waals surface area (Å²) in [5.74, 6) is -0.487. The maximum Gasteiger partial charge on any atom is 0.174 e. The highest BCUT2D eigenvalue weighted by Gasteiger charge is 2.33. The molecule has 0 saturated carbocycles. The first-order valence-corrected chi connectivity index (χ1v) is 8.64. The van der Waals surface area contributed by atoms with Gasteiger partial charge in [0.2, 0.25) is 0 Å². The topological polar surface area (TPSA) is 87.0 Å². The molecule has 0 aromatic heterocycles. The van der Waals surface area contributed by atoms with Crippen LogP contribution in [0.3, 0.4) is 0 Å². The Balaban J connectivity index is 1.81. The third kappa shape index (κ3) is 3.08. The highest BCUT2D eigenvalue weighted by atomic mass is 16.5. The van der Waals surface area contributed by atoms with Crippen LogP contribution in [-0.4, -0.2) is 21.1 Å². The van der Waals surface area contributed by atoms with E-state index in [1.165, 1.54) is 0 Å². The maximum atomic E-state index is 12.7. The van der Waals surface area contributed by atoms with Crippen LogP contribution in [0.15, 0.2) is 60.7 Å². The molecule has 0 radical (unpaired) electrons. The van der Waals surface area contributed by atoms with Gasteiger partial charge >= 0.3 is 0 Å². The van der Waals surface area contributed by atoms with Gasteiger partial charge in [0.25, 0.3) is 0 Å². The summed E-state index contributed by atoms with van der Waals surface area (Å²) >= 11 is 0. The number of phenolic OH excluding ortho intramolecular Hbond substituents is 3. The van der Waals surface area contributed by atoms with Gasteiger partial charge in [0.1, 0.15) is 34.7 Å². The summed E-state index contributed by atoms with van der Waals surface area (Å²) in [6.07, 6.45) is -0.239. The first-order chi connectivity index (χ1) is 13.0. The van der Waals surface area contributed by atoms with E-state index in [4.69, 9.17) is 4.74 Å². The Kier molecular flexibility index (Phi) is 4.20. The molecule has 3 N–H and O–H groups in total. The molecule has 5 heteroatoms. The average molecular weight is 362 g/mol. The molecule has 0 bridgehead atoms. The number of benzene rings is 3. The lowest BCUT2D eigenvalue weighted by atomic mass is 9.91. The van der Waals surface area contributed by atoms with Crippen molar-refractivity contribution in [2.75, 3.05) is 0 Å². The summed E-state index contributed by atoms with van der Waals surface area (Å²) in [6.45, 7) is 0. The normalized spacial score (nSPS) is 15.9. The summed E-state index contributed by atoms with van der Waals surface area (Å²) < 4.78 is 6.07. The number of rotatable bonds is 3. The standard InChI is InChI=1S/C22H18O5/c23-16-9-5-4-8-14(16)10-15-17(24)11-18(25)21-19(26)12-20(27-22(15)21)13-6-2-1-3-7-13/h1-9,11,20,23-25H,10,12H2/t20-/m0/s1. The second-order valence-corrected chi connectivity index (χ2v) is 6.55. The minimum absolute atomic E-state index is 0.0744. The van der Waals surface area contributed by atoms with Gasteiger partial charge in [-0.15, -0.1) is 0 Å². The van der Waals surface area contributed by atoms with Gasteiger partial charge in [0.05, 0.1) is 6.42 Å². The van der Waals surface area contributed by atoms with Gasteiger partial charge in [-0.2, -0.15) is 0 Å². The zero-order valence-electron chi connectivity index (χ0n) is 14.4. The Morgan fingerprint density at radius 3 is 2.33 bits per heavy atom. The van der Waals surface area contributed by atoms with E-state index in [0.717, 1.165) is 11.6 Å². The largest absolute Gasteiger partial charge is 0.508 e. The zero-order valence-corrected chi connectivity index (χ0v) is 14.4. The molecule has 0 amide bonds. The van der Waals surface area contributed by atoms with E-state index in [9.17, 15) is 20.1 Å². The number of ether oxygens (including phenoxy) is 1. The van der Waals surface area contributed by atoms with Crippen LogP contribution < -0.4 is 4.74 Å². The maximum absolute atomic E-state index is 12.7. The predicted octanol–water partition coefficient (Wildman–Crippen LogP) is 4.10. The minimum atomic E-state index is -0.504. The van der Waals surface area contributed by atoms with Crippen molar-refractivity contribution in [3.63, 3.8) is 0 Å². The van der Waals surface area contributed by atoms with Crippen molar-refractivity contribution in [1.82, 2.24) is 0 Å². The van der Waals surface area contributed by atoms with Gasteiger partial charge < -0.3 is 20.1 Å². The molecule has 1 heterocycles. The molecule has 3 aromatic rings. The minimum Gasteiger partial charge on any atom is -0.508 e. The molecule has 1 aliphatic rings. The lowest BCUT2D eigenvalue weighted by Crippen LogP contribution is -2.21. The van der Waals surface area contributed by atoms with Crippen molar-refractivity contribution in [3.8, 4) is 23.0 Å².